The number of furan rings is 1. The predicted octanol–water partition coefficient (Wildman–Crippen LogP) is 3.14. The lowest BCUT2D eigenvalue weighted by atomic mass is 10.2. The van der Waals surface area contributed by atoms with Gasteiger partial charge in [0.15, 0.2) is 0 Å². The van der Waals surface area contributed by atoms with Crippen molar-refractivity contribution >= 4 is 22.5 Å². The zero-order valence-corrected chi connectivity index (χ0v) is 10.8. The molecule has 1 atom stereocenters. The second-order valence-corrected chi connectivity index (χ2v) is 4.80. The summed E-state index contributed by atoms with van der Waals surface area (Å²) in [7, 11) is 0. The summed E-state index contributed by atoms with van der Waals surface area (Å²) in [5, 5.41) is 10.5. The molecule has 3 rings (SSSR count). The monoisotopic (exact) mass is 259 g/mol. The molecule has 0 saturated heterocycles. The first-order chi connectivity index (χ1) is 8.83. The number of aromatic nitrogens is 2. The Hall–Kier alpha value is -1.72. The zero-order chi connectivity index (χ0) is 12.4. The lowest BCUT2D eigenvalue weighted by molar-refractivity contribution is 0.449. The molecule has 0 fully saturated rings. The van der Waals surface area contributed by atoms with Gasteiger partial charge in [0.1, 0.15) is 11.3 Å². The van der Waals surface area contributed by atoms with Gasteiger partial charge in [0.2, 0.25) is 0 Å². The molecule has 2 heterocycles. The van der Waals surface area contributed by atoms with Crippen LogP contribution in [-0.4, -0.2) is 9.59 Å². The number of hydrogen-bond acceptors (Lipinski definition) is 5. The van der Waals surface area contributed by atoms with Gasteiger partial charge in [0, 0.05) is 17.3 Å². The summed E-state index contributed by atoms with van der Waals surface area (Å²) in [4.78, 5) is 0. The van der Waals surface area contributed by atoms with Crippen molar-refractivity contribution in [2.24, 2.45) is 0 Å². The van der Waals surface area contributed by atoms with Gasteiger partial charge < -0.3 is 9.73 Å². The Morgan fingerprint density at radius 3 is 3.06 bits per heavy atom. The Labute approximate surface area is 109 Å². The zero-order valence-electron chi connectivity index (χ0n) is 9.96. The standard InChI is InChI=1S/C13H13N3OS/c1-9(14-7-11-8-18-16-15-11)13-6-10-4-2-3-5-12(10)17-13/h2-6,8-9,14H,7H2,1H3. The largest absolute Gasteiger partial charge is 0.459 e. The molecule has 0 bridgehead atoms. The van der Waals surface area contributed by atoms with Crippen molar-refractivity contribution in [2.45, 2.75) is 19.5 Å². The molecule has 0 aliphatic carbocycles. The Kier molecular flexibility index (Phi) is 3.08. The van der Waals surface area contributed by atoms with Crippen LogP contribution in [0.1, 0.15) is 24.4 Å². The van der Waals surface area contributed by atoms with E-state index in [2.05, 4.69) is 34.0 Å². The van der Waals surface area contributed by atoms with Crippen LogP contribution in [0.25, 0.3) is 11.0 Å². The number of para-hydroxylation sites is 1. The van der Waals surface area contributed by atoms with E-state index in [0.29, 0.717) is 6.54 Å². The van der Waals surface area contributed by atoms with Gasteiger partial charge in [-0.3, -0.25) is 0 Å². The third kappa shape index (κ3) is 2.27. The molecular formula is C13H13N3OS. The van der Waals surface area contributed by atoms with E-state index in [1.165, 1.54) is 11.5 Å². The van der Waals surface area contributed by atoms with Crippen LogP contribution in [-0.2, 0) is 6.54 Å². The summed E-state index contributed by atoms with van der Waals surface area (Å²) >= 11 is 1.37. The average molecular weight is 259 g/mol. The summed E-state index contributed by atoms with van der Waals surface area (Å²) in [5.74, 6) is 0.944. The summed E-state index contributed by atoms with van der Waals surface area (Å²) < 4.78 is 9.64. The van der Waals surface area contributed by atoms with Crippen LogP contribution in [0.3, 0.4) is 0 Å². The van der Waals surface area contributed by atoms with Crippen LogP contribution in [0, 0.1) is 0 Å². The van der Waals surface area contributed by atoms with Gasteiger partial charge in [0.05, 0.1) is 11.7 Å². The number of fused-ring (bicyclic) bond motifs is 1. The van der Waals surface area contributed by atoms with E-state index in [1.807, 2.05) is 23.6 Å². The first-order valence-electron chi connectivity index (χ1n) is 5.81. The molecule has 0 aliphatic heterocycles. The van der Waals surface area contributed by atoms with E-state index < -0.39 is 0 Å². The van der Waals surface area contributed by atoms with Gasteiger partial charge in [-0.1, -0.05) is 22.7 Å². The molecule has 92 valence electrons. The Balaban J connectivity index is 1.73. The fourth-order valence-electron chi connectivity index (χ4n) is 1.84. The molecule has 1 unspecified atom stereocenters. The second kappa shape index (κ2) is 4.88. The number of nitrogens with zero attached hydrogens (tertiary/aromatic N) is 2. The predicted molar refractivity (Wildman–Crippen MR) is 71.4 cm³/mol. The van der Waals surface area contributed by atoms with E-state index in [-0.39, 0.29) is 6.04 Å². The summed E-state index contributed by atoms with van der Waals surface area (Å²) in [6, 6.07) is 10.3. The highest BCUT2D eigenvalue weighted by Crippen LogP contribution is 2.23. The highest BCUT2D eigenvalue weighted by Gasteiger charge is 2.11. The molecule has 0 saturated carbocycles. The molecular weight excluding hydrogens is 246 g/mol. The molecule has 0 spiro atoms. The first-order valence-corrected chi connectivity index (χ1v) is 6.64. The molecule has 1 N–H and O–H groups in total. The molecule has 2 aromatic heterocycles. The number of rotatable bonds is 4. The Morgan fingerprint density at radius 2 is 2.28 bits per heavy atom. The van der Waals surface area contributed by atoms with Gasteiger partial charge in [-0.15, -0.1) is 5.10 Å². The fraction of sp³-hybridized carbons (Fsp3) is 0.231. The lowest BCUT2D eigenvalue weighted by Gasteiger charge is -2.09. The van der Waals surface area contributed by atoms with E-state index in [1.54, 1.807) is 0 Å². The van der Waals surface area contributed by atoms with Crippen molar-refractivity contribution in [3.8, 4) is 0 Å². The third-order valence-corrected chi connectivity index (χ3v) is 3.42. The van der Waals surface area contributed by atoms with Crippen molar-refractivity contribution in [1.82, 2.24) is 14.9 Å². The van der Waals surface area contributed by atoms with Crippen molar-refractivity contribution in [2.75, 3.05) is 0 Å². The Bertz CT molecular complexity index is 600. The van der Waals surface area contributed by atoms with E-state index >= 15 is 0 Å². The molecule has 4 nitrogen and oxygen atoms in total. The van der Waals surface area contributed by atoms with E-state index in [9.17, 15) is 0 Å². The third-order valence-electron chi connectivity index (χ3n) is 2.87. The highest BCUT2D eigenvalue weighted by atomic mass is 32.1. The van der Waals surface area contributed by atoms with Crippen LogP contribution in [0.2, 0.25) is 0 Å². The summed E-state index contributed by atoms with van der Waals surface area (Å²) in [6.45, 7) is 2.78. The Morgan fingerprint density at radius 1 is 1.39 bits per heavy atom. The van der Waals surface area contributed by atoms with Crippen LogP contribution in [0.5, 0.6) is 0 Å². The minimum absolute atomic E-state index is 0.152. The van der Waals surface area contributed by atoms with Gasteiger partial charge in [-0.25, -0.2) is 0 Å². The maximum atomic E-state index is 5.80. The highest BCUT2D eigenvalue weighted by molar-refractivity contribution is 7.03. The summed E-state index contributed by atoms with van der Waals surface area (Å²) in [5.41, 5.74) is 1.89. The van der Waals surface area contributed by atoms with Crippen molar-refractivity contribution in [1.29, 1.82) is 0 Å². The molecule has 0 radical (unpaired) electrons. The normalized spacial score (nSPS) is 12.9. The smallest absolute Gasteiger partial charge is 0.134 e. The molecule has 5 heteroatoms. The van der Waals surface area contributed by atoms with Gasteiger partial charge >= 0.3 is 0 Å². The second-order valence-electron chi connectivity index (χ2n) is 4.19. The molecule has 18 heavy (non-hydrogen) atoms. The van der Waals surface area contributed by atoms with Crippen LogP contribution >= 0.6 is 11.5 Å². The number of hydrogen-bond donors (Lipinski definition) is 1. The number of benzene rings is 1. The summed E-state index contributed by atoms with van der Waals surface area (Å²) in [6.07, 6.45) is 0. The van der Waals surface area contributed by atoms with Gasteiger partial charge in [0.25, 0.3) is 0 Å². The van der Waals surface area contributed by atoms with Crippen LogP contribution < -0.4 is 5.32 Å². The topological polar surface area (TPSA) is 51.0 Å². The lowest BCUT2D eigenvalue weighted by Crippen LogP contribution is -2.17. The van der Waals surface area contributed by atoms with Crippen molar-refractivity contribution in [3.63, 3.8) is 0 Å². The molecule has 0 amide bonds. The first kappa shape index (κ1) is 11.4. The van der Waals surface area contributed by atoms with Crippen LogP contribution in [0.4, 0.5) is 0 Å². The maximum absolute atomic E-state index is 5.80. The quantitative estimate of drug-likeness (QED) is 0.782. The minimum Gasteiger partial charge on any atom is -0.459 e. The van der Waals surface area contributed by atoms with E-state index in [0.717, 1.165) is 22.4 Å². The van der Waals surface area contributed by atoms with Gasteiger partial charge in [-0.05, 0) is 30.6 Å². The average Bonchev–Trinajstić information content (AvgIpc) is 3.04. The van der Waals surface area contributed by atoms with Crippen LogP contribution in [0.15, 0.2) is 40.1 Å². The maximum Gasteiger partial charge on any atom is 0.134 e. The number of nitrogens with one attached hydrogen (secondary N) is 1. The molecule has 1 aromatic carbocycles. The molecule has 3 aromatic rings. The van der Waals surface area contributed by atoms with Gasteiger partial charge in [-0.2, -0.15) is 0 Å². The van der Waals surface area contributed by atoms with Crippen molar-refractivity contribution < 1.29 is 4.42 Å². The fourth-order valence-corrected chi connectivity index (χ4v) is 2.29. The van der Waals surface area contributed by atoms with Crippen molar-refractivity contribution in [3.05, 3.63) is 47.2 Å². The molecule has 0 aliphatic rings. The van der Waals surface area contributed by atoms with E-state index in [4.69, 9.17) is 4.42 Å². The SMILES string of the molecule is CC(NCc1csnn1)c1cc2ccccc2o1. The minimum atomic E-state index is 0.152.